The number of aromatic nitrogens is 1. The zero-order chi connectivity index (χ0) is 28.0. The van der Waals surface area contributed by atoms with E-state index in [2.05, 4.69) is 10.3 Å². The minimum absolute atomic E-state index is 0.225. The second-order valence-corrected chi connectivity index (χ2v) is 11.5. The van der Waals surface area contributed by atoms with E-state index in [0.29, 0.717) is 26.9 Å². The predicted molar refractivity (Wildman–Crippen MR) is 149 cm³/mol. The van der Waals surface area contributed by atoms with Crippen molar-refractivity contribution in [1.82, 2.24) is 9.88 Å². The number of carbonyl (C=O) groups excluding carboxylic acids is 3. The van der Waals surface area contributed by atoms with Gasteiger partial charge < -0.3 is 20.1 Å². The Hall–Kier alpha value is -4.42. The third-order valence-electron chi connectivity index (χ3n) is 6.85. The highest BCUT2D eigenvalue weighted by atomic mass is 32.2. The number of amides is 3. The molecule has 1 fully saturated rings. The third kappa shape index (κ3) is 4.75. The van der Waals surface area contributed by atoms with Crippen molar-refractivity contribution >= 4 is 63.2 Å². The molecule has 10 nitrogen and oxygen atoms in total. The molecule has 1 saturated heterocycles. The van der Waals surface area contributed by atoms with Gasteiger partial charge in [0.2, 0.25) is 11.8 Å². The number of imide groups is 1. The van der Waals surface area contributed by atoms with Crippen LogP contribution in [0.2, 0.25) is 0 Å². The van der Waals surface area contributed by atoms with E-state index in [1.54, 1.807) is 24.3 Å². The number of H-pyrrole nitrogens is 1. The number of thioether (sulfide) groups is 1. The van der Waals surface area contributed by atoms with Crippen molar-refractivity contribution in [1.29, 1.82) is 0 Å². The summed E-state index contributed by atoms with van der Waals surface area (Å²) in [5.41, 5.74) is 1.32. The number of thiazole rings is 1. The van der Waals surface area contributed by atoms with Crippen molar-refractivity contribution in [2.75, 3.05) is 18.5 Å². The summed E-state index contributed by atoms with van der Waals surface area (Å²) in [7, 11) is 0. The van der Waals surface area contributed by atoms with Crippen molar-refractivity contribution < 1.29 is 29.0 Å². The van der Waals surface area contributed by atoms with Crippen LogP contribution >= 0.6 is 23.1 Å². The molecule has 202 valence electrons. The van der Waals surface area contributed by atoms with Crippen LogP contribution in [0.3, 0.4) is 0 Å². The van der Waals surface area contributed by atoms with E-state index in [4.69, 9.17) is 4.74 Å². The van der Waals surface area contributed by atoms with E-state index < -0.39 is 41.4 Å². The summed E-state index contributed by atoms with van der Waals surface area (Å²) in [5.74, 6) is -3.82. The second kappa shape index (κ2) is 10.3. The van der Waals surface area contributed by atoms with Gasteiger partial charge in [-0.25, -0.2) is 0 Å². The Balaban J connectivity index is 1.18. The number of benzene rings is 3. The molecular weight excluding hydrogens is 554 g/mol. The van der Waals surface area contributed by atoms with Crippen molar-refractivity contribution in [2.24, 2.45) is 5.92 Å². The maximum Gasteiger partial charge on any atom is 0.323 e. The smallest absolute Gasteiger partial charge is 0.323 e. The molecule has 0 bridgehead atoms. The molecule has 0 saturated carbocycles. The van der Waals surface area contributed by atoms with Crippen LogP contribution in [0.5, 0.6) is 5.75 Å². The first kappa shape index (κ1) is 25.8. The fourth-order valence-corrected chi connectivity index (χ4v) is 7.65. The monoisotopic (exact) mass is 575 g/mol. The first-order chi connectivity index (χ1) is 19.3. The Morgan fingerprint density at radius 3 is 2.48 bits per heavy atom. The number of aromatic amines is 1. The van der Waals surface area contributed by atoms with Crippen LogP contribution in [0.1, 0.15) is 16.4 Å². The number of aliphatic carboxylic acids is 1. The highest BCUT2D eigenvalue weighted by Crippen LogP contribution is 2.52. The number of carboxylic acids is 1. The van der Waals surface area contributed by atoms with Crippen LogP contribution in [0, 0.1) is 5.92 Å². The van der Waals surface area contributed by atoms with Gasteiger partial charge in [0.05, 0.1) is 10.9 Å². The Kier molecular flexibility index (Phi) is 6.64. The van der Waals surface area contributed by atoms with Crippen LogP contribution < -0.4 is 14.9 Å². The van der Waals surface area contributed by atoms with Gasteiger partial charge in [0.15, 0.2) is 6.61 Å². The van der Waals surface area contributed by atoms with E-state index in [-0.39, 0.29) is 17.4 Å². The Morgan fingerprint density at radius 2 is 1.73 bits per heavy atom. The van der Waals surface area contributed by atoms with Gasteiger partial charge in [-0.05, 0) is 40.6 Å². The van der Waals surface area contributed by atoms with Crippen LogP contribution in [-0.4, -0.2) is 57.1 Å². The first-order valence-electron chi connectivity index (χ1n) is 12.3. The minimum atomic E-state index is -1.28. The summed E-state index contributed by atoms with van der Waals surface area (Å²) in [6.45, 7) is -0.937. The zero-order valence-corrected chi connectivity index (χ0v) is 22.3. The molecule has 6 rings (SSSR count). The molecule has 2 aliphatic heterocycles. The summed E-state index contributed by atoms with van der Waals surface area (Å²) in [6.07, 6.45) is 0. The molecule has 2 unspecified atom stereocenters. The SMILES string of the molecule is O=C(O)CN1C(=O)C2Sc3[nH]c(=O)sc3[C@@H](c3ccc(OCC(=O)Nc4ccc5ccccc5c4)cc3)C2C1=O. The number of fused-ring (bicyclic) bond motifs is 3. The lowest BCUT2D eigenvalue weighted by molar-refractivity contribution is -0.149. The number of likely N-dealkylation sites (tertiary alicyclic amines) is 1. The summed E-state index contributed by atoms with van der Waals surface area (Å²) < 4.78 is 5.66. The highest BCUT2D eigenvalue weighted by molar-refractivity contribution is 8.00. The summed E-state index contributed by atoms with van der Waals surface area (Å²) in [4.78, 5) is 65.9. The van der Waals surface area contributed by atoms with Crippen LogP contribution in [0.25, 0.3) is 10.8 Å². The van der Waals surface area contributed by atoms with E-state index in [1.807, 2.05) is 42.5 Å². The molecule has 0 radical (unpaired) electrons. The number of hydrogen-bond donors (Lipinski definition) is 3. The van der Waals surface area contributed by atoms with Crippen molar-refractivity contribution in [3.05, 3.63) is 86.8 Å². The topological polar surface area (TPSA) is 146 Å². The Bertz CT molecular complexity index is 1730. The summed E-state index contributed by atoms with van der Waals surface area (Å²) >= 11 is 2.05. The largest absolute Gasteiger partial charge is 0.484 e. The number of nitrogens with zero attached hydrogens (tertiary/aromatic N) is 1. The lowest BCUT2D eigenvalue weighted by atomic mass is 9.83. The number of hydrogen-bond acceptors (Lipinski definition) is 8. The highest BCUT2D eigenvalue weighted by Gasteiger charge is 2.56. The molecule has 3 amide bonds. The molecule has 3 heterocycles. The standard InChI is InChI=1S/C28H21N3O7S2/c32-19(29-17-8-5-14-3-1-2-4-16(14)11-17)13-38-18-9-6-15(7-10-18)21-22-24(39-25-23(21)40-28(37)30-25)27(36)31(26(22)35)12-20(33)34/h1-11,21-22,24H,12-13H2,(H,29,32)(H,30,37)(H,33,34)/t21-,22?,24?/m0/s1. The average Bonchev–Trinajstić information content (AvgIpc) is 3.42. The summed E-state index contributed by atoms with van der Waals surface area (Å²) in [5, 5.41) is 13.8. The predicted octanol–water partition coefficient (Wildman–Crippen LogP) is 3.28. The normalized spacial score (nSPS) is 19.8. The van der Waals surface area contributed by atoms with E-state index >= 15 is 0 Å². The van der Waals surface area contributed by atoms with Gasteiger partial charge in [0.1, 0.15) is 17.5 Å². The number of ether oxygens (including phenoxy) is 1. The maximum atomic E-state index is 13.2. The zero-order valence-electron chi connectivity index (χ0n) is 20.7. The molecule has 3 N–H and O–H groups in total. The van der Waals surface area contributed by atoms with Crippen LogP contribution in [0.15, 0.2) is 76.6 Å². The number of carboxylic acid groups (broad SMARTS) is 1. The van der Waals surface area contributed by atoms with Crippen molar-refractivity contribution in [3.63, 3.8) is 0 Å². The van der Waals surface area contributed by atoms with Gasteiger partial charge in [-0.15, -0.1) is 0 Å². The molecule has 2 aliphatic rings. The van der Waals surface area contributed by atoms with Gasteiger partial charge in [-0.1, -0.05) is 65.6 Å². The number of nitrogens with one attached hydrogen (secondary N) is 2. The molecule has 40 heavy (non-hydrogen) atoms. The fraction of sp³-hybridized carbons (Fsp3) is 0.179. The molecule has 12 heteroatoms. The van der Waals surface area contributed by atoms with Crippen molar-refractivity contribution in [2.45, 2.75) is 16.2 Å². The van der Waals surface area contributed by atoms with Gasteiger partial charge in [-0.2, -0.15) is 0 Å². The molecule has 4 aromatic rings. The minimum Gasteiger partial charge on any atom is -0.484 e. The third-order valence-corrected chi connectivity index (χ3v) is 9.25. The Morgan fingerprint density at radius 1 is 0.975 bits per heavy atom. The lowest BCUT2D eigenvalue weighted by Gasteiger charge is -2.29. The van der Waals surface area contributed by atoms with Gasteiger partial charge in [0.25, 0.3) is 5.91 Å². The average molecular weight is 576 g/mol. The van der Waals surface area contributed by atoms with E-state index in [0.717, 1.165) is 38.8 Å². The van der Waals surface area contributed by atoms with E-state index in [9.17, 15) is 29.1 Å². The molecular formula is C28H21N3O7S2. The van der Waals surface area contributed by atoms with Crippen molar-refractivity contribution in [3.8, 4) is 5.75 Å². The quantitative estimate of drug-likeness (QED) is 0.285. The lowest BCUT2D eigenvalue weighted by Crippen LogP contribution is -2.36. The van der Waals surface area contributed by atoms with Gasteiger partial charge in [-0.3, -0.25) is 28.9 Å². The Labute approximate surface area is 235 Å². The molecule has 0 spiro atoms. The number of rotatable bonds is 7. The first-order valence-corrected chi connectivity index (χ1v) is 14.0. The molecule has 0 aliphatic carbocycles. The molecule has 3 aromatic carbocycles. The van der Waals surface area contributed by atoms with Gasteiger partial charge in [0, 0.05) is 16.5 Å². The number of anilines is 1. The van der Waals surface area contributed by atoms with Crippen LogP contribution in [-0.2, 0) is 19.2 Å². The number of carbonyl (C=O) groups is 4. The molecule has 3 atom stereocenters. The molecule has 1 aromatic heterocycles. The maximum absolute atomic E-state index is 13.2. The van der Waals surface area contributed by atoms with E-state index in [1.165, 1.54) is 0 Å². The second-order valence-electron chi connectivity index (χ2n) is 9.37. The van der Waals surface area contributed by atoms with Gasteiger partial charge >= 0.3 is 10.8 Å². The summed E-state index contributed by atoms with van der Waals surface area (Å²) in [6, 6.07) is 20.2. The van der Waals surface area contributed by atoms with Crippen LogP contribution in [0.4, 0.5) is 5.69 Å². The fourth-order valence-electron chi connectivity index (χ4n) is 5.11.